The number of benzene rings is 1. The zero-order valence-corrected chi connectivity index (χ0v) is 15.2. The molecule has 1 aromatic heterocycles. The number of urea groups is 1. The highest BCUT2D eigenvalue weighted by Gasteiger charge is 2.19. The summed E-state index contributed by atoms with van der Waals surface area (Å²) in [5, 5.41) is 4.19. The Hall–Kier alpha value is -2.14. The minimum Gasteiger partial charge on any atom is -0.334 e. The molecule has 0 unspecified atom stereocenters. The van der Waals surface area contributed by atoms with Crippen LogP contribution in [-0.2, 0) is 6.54 Å². The molecular weight excluding hydrogens is 312 g/mol. The molecule has 0 saturated carbocycles. The fourth-order valence-electron chi connectivity index (χ4n) is 3.46. The van der Waals surface area contributed by atoms with Crippen molar-refractivity contribution >= 4 is 16.9 Å². The fraction of sp³-hybridized carbons (Fsp3) is 0.500. The highest BCUT2D eigenvalue weighted by atomic mass is 16.2. The third-order valence-electron chi connectivity index (χ3n) is 4.67. The SMILES string of the molecule is CC(C)CN1CCCN(C(=O)NCc2ccnc3ccccc23)CC1. The van der Waals surface area contributed by atoms with Gasteiger partial charge in [0.15, 0.2) is 0 Å². The van der Waals surface area contributed by atoms with Gasteiger partial charge in [-0.2, -0.15) is 0 Å². The van der Waals surface area contributed by atoms with Crippen LogP contribution in [0.15, 0.2) is 36.5 Å². The Morgan fingerprint density at radius 1 is 1.16 bits per heavy atom. The van der Waals surface area contributed by atoms with Gasteiger partial charge >= 0.3 is 6.03 Å². The fourth-order valence-corrected chi connectivity index (χ4v) is 3.46. The minimum absolute atomic E-state index is 0.0345. The van der Waals surface area contributed by atoms with Crippen LogP contribution in [0, 0.1) is 5.92 Å². The molecule has 1 saturated heterocycles. The number of pyridine rings is 1. The lowest BCUT2D eigenvalue weighted by atomic mass is 10.1. The Kier molecular flexibility index (Phi) is 5.87. The van der Waals surface area contributed by atoms with Crippen LogP contribution in [0.1, 0.15) is 25.8 Å². The van der Waals surface area contributed by atoms with E-state index in [2.05, 4.69) is 35.1 Å². The first-order chi connectivity index (χ1) is 12.1. The van der Waals surface area contributed by atoms with Crippen LogP contribution in [-0.4, -0.2) is 53.5 Å². The van der Waals surface area contributed by atoms with Gasteiger partial charge in [-0.15, -0.1) is 0 Å². The van der Waals surface area contributed by atoms with E-state index in [1.165, 1.54) is 0 Å². The maximum absolute atomic E-state index is 12.6. The number of para-hydroxylation sites is 1. The second kappa shape index (κ2) is 8.30. The molecule has 0 spiro atoms. The molecule has 1 aliphatic heterocycles. The van der Waals surface area contributed by atoms with Gasteiger partial charge < -0.3 is 15.1 Å². The summed E-state index contributed by atoms with van der Waals surface area (Å²) in [6.07, 6.45) is 2.85. The van der Waals surface area contributed by atoms with Crippen molar-refractivity contribution in [3.8, 4) is 0 Å². The summed E-state index contributed by atoms with van der Waals surface area (Å²) in [7, 11) is 0. The van der Waals surface area contributed by atoms with Crippen LogP contribution in [0.3, 0.4) is 0 Å². The van der Waals surface area contributed by atoms with Gasteiger partial charge in [-0.05, 0) is 36.6 Å². The van der Waals surface area contributed by atoms with Crippen molar-refractivity contribution in [1.82, 2.24) is 20.1 Å². The van der Waals surface area contributed by atoms with Gasteiger partial charge in [0, 0.05) is 44.3 Å². The first-order valence-corrected chi connectivity index (χ1v) is 9.21. The molecule has 0 bridgehead atoms. The molecule has 1 N–H and O–H groups in total. The van der Waals surface area contributed by atoms with Crippen molar-refractivity contribution in [1.29, 1.82) is 0 Å². The number of carbonyl (C=O) groups excluding carboxylic acids is 1. The van der Waals surface area contributed by atoms with E-state index < -0.39 is 0 Å². The topological polar surface area (TPSA) is 48.5 Å². The zero-order valence-electron chi connectivity index (χ0n) is 15.2. The largest absolute Gasteiger partial charge is 0.334 e. The Labute approximate surface area is 150 Å². The second-order valence-electron chi connectivity index (χ2n) is 7.18. The molecule has 5 heteroatoms. The third kappa shape index (κ3) is 4.69. The predicted octanol–water partition coefficient (Wildman–Crippen LogP) is 3.11. The summed E-state index contributed by atoms with van der Waals surface area (Å²) >= 11 is 0. The molecule has 25 heavy (non-hydrogen) atoms. The number of amides is 2. The average molecular weight is 340 g/mol. The van der Waals surface area contributed by atoms with Crippen molar-refractivity contribution in [2.45, 2.75) is 26.8 Å². The number of hydrogen-bond acceptors (Lipinski definition) is 3. The normalized spacial score (nSPS) is 16.2. The van der Waals surface area contributed by atoms with Crippen molar-refractivity contribution < 1.29 is 4.79 Å². The number of nitrogens with zero attached hydrogens (tertiary/aromatic N) is 3. The van der Waals surface area contributed by atoms with E-state index >= 15 is 0 Å². The quantitative estimate of drug-likeness (QED) is 0.930. The van der Waals surface area contributed by atoms with Gasteiger partial charge in [0.05, 0.1) is 5.52 Å². The molecule has 134 valence electrons. The van der Waals surface area contributed by atoms with E-state index in [4.69, 9.17) is 0 Å². The summed E-state index contributed by atoms with van der Waals surface area (Å²) in [6.45, 7) is 9.81. The Balaban J connectivity index is 1.57. The first kappa shape index (κ1) is 17.7. The van der Waals surface area contributed by atoms with Crippen molar-refractivity contribution in [2.75, 3.05) is 32.7 Å². The molecule has 0 atom stereocenters. The van der Waals surface area contributed by atoms with E-state index in [-0.39, 0.29) is 6.03 Å². The molecule has 5 nitrogen and oxygen atoms in total. The first-order valence-electron chi connectivity index (χ1n) is 9.21. The molecule has 1 aromatic carbocycles. The molecule has 3 rings (SSSR count). The average Bonchev–Trinajstić information content (AvgIpc) is 2.84. The molecule has 2 heterocycles. The maximum Gasteiger partial charge on any atom is 0.317 e. The van der Waals surface area contributed by atoms with E-state index in [1.807, 2.05) is 29.2 Å². The molecule has 1 fully saturated rings. The van der Waals surface area contributed by atoms with Crippen LogP contribution in [0.5, 0.6) is 0 Å². The maximum atomic E-state index is 12.6. The number of hydrogen-bond donors (Lipinski definition) is 1. The summed E-state index contributed by atoms with van der Waals surface area (Å²) in [5.74, 6) is 0.667. The standard InChI is InChI=1S/C20H28N4O/c1-16(2)15-23-10-5-11-24(13-12-23)20(25)22-14-17-8-9-21-19-7-4-3-6-18(17)19/h3-4,6-9,16H,5,10-15H2,1-2H3,(H,22,25). The van der Waals surface area contributed by atoms with Crippen molar-refractivity contribution in [3.63, 3.8) is 0 Å². The zero-order chi connectivity index (χ0) is 17.6. The van der Waals surface area contributed by atoms with Crippen molar-refractivity contribution in [3.05, 3.63) is 42.1 Å². The van der Waals surface area contributed by atoms with Crippen LogP contribution in [0.2, 0.25) is 0 Å². The number of rotatable bonds is 4. The summed E-state index contributed by atoms with van der Waals surface area (Å²) in [6, 6.07) is 10.1. The lowest BCUT2D eigenvalue weighted by molar-refractivity contribution is 0.196. The van der Waals surface area contributed by atoms with Gasteiger partial charge in [-0.1, -0.05) is 32.0 Å². The van der Waals surface area contributed by atoms with E-state index in [9.17, 15) is 4.79 Å². The van der Waals surface area contributed by atoms with E-state index in [0.29, 0.717) is 12.5 Å². The Morgan fingerprint density at radius 2 is 2.00 bits per heavy atom. The summed E-state index contributed by atoms with van der Waals surface area (Å²) < 4.78 is 0. The number of nitrogens with one attached hydrogen (secondary N) is 1. The van der Waals surface area contributed by atoms with Gasteiger partial charge in [-0.25, -0.2) is 4.79 Å². The van der Waals surface area contributed by atoms with Crippen LogP contribution in [0.25, 0.3) is 10.9 Å². The molecule has 0 radical (unpaired) electrons. The summed E-state index contributed by atoms with van der Waals surface area (Å²) in [5.41, 5.74) is 2.07. The van der Waals surface area contributed by atoms with Gasteiger partial charge in [-0.3, -0.25) is 4.98 Å². The monoisotopic (exact) mass is 340 g/mol. The molecular formula is C20H28N4O. The molecule has 1 aliphatic rings. The number of fused-ring (bicyclic) bond motifs is 1. The van der Waals surface area contributed by atoms with Crippen molar-refractivity contribution in [2.24, 2.45) is 5.92 Å². The molecule has 2 amide bonds. The van der Waals surface area contributed by atoms with Gasteiger partial charge in [0.25, 0.3) is 0 Å². The highest BCUT2D eigenvalue weighted by molar-refractivity contribution is 5.82. The van der Waals surface area contributed by atoms with Gasteiger partial charge in [0.1, 0.15) is 0 Å². The van der Waals surface area contributed by atoms with Crippen LogP contribution in [0.4, 0.5) is 4.79 Å². The van der Waals surface area contributed by atoms with E-state index in [0.717, 1.165) is 55.6 Å². The molecule has 0 aliphatic carbocycles. The highest BCUT2D eigenvalue weighted by Crippen LogP contribution is 2.16. The lowest BCUT2D eigenvalue weighted by Crippen LogP contribution is -2.42. The van der Waals surface area contributed by atoms with E-state index in [1.54, 1.807) is 6.20 Å². The Morgan fingerprint density at radius 3 is 2.84 bits per heavy atom. The third-order valence-corrected chi connectivity index (χ3v) is 4.67. The Bertz CT molecular complexity index is 710. The number of aromatic nitrogens is 1. The van der Waals surface area contributed by atoms with Crippen LogP contribution < -0.4 is 5.32 Å². The van der Waals surface area contributed by atoms with Gasteiger partial charge in [0.2, 0.25) is 0 Å². The lowest BCUT2D eigenvalue weighted by Gasteiger charge is -2.23. The number of carbonyl (C=O) groups is 1. The smallest absolute Gasteiger partial charge is 0.317 e. The minimum atomic E-state index is 0.0345. The second-order valence-corrected chi connectivity index (χ2v) is 7.18. The predicted molar refractivity (Wildman–Crippen MR) is 101 cm³/mol. The molecule has 2 aromatic rings. The van der Waals surface area contributed by atoms with Crippen LogP contribution >= 0.6 is 0 Å². The summed E-state index contributed by atoms with van der Waals surface area (Å²) in [4.78, 5) is 21.4.